The van der Waals surface area contributed by atoms with E-state index in [4.69, 9.17) is 9.47 Å². The van der Waals surface area contributed by atoms with Gasteiger partial charge in [-0.15, -0.1) is 5.10 Å². The van der Waals surface area contributed by atoms with Crippen molar-refractivity contribution in [3.05, 3.63) is 60.0 Å². The number of nitrogens with one attached hydrogen (secondary N) is 1. The predicted octanol–water partition coefficient (Wildman–Crippen LogP) is 3.31. The van der Waals surface area contributed by atoms with E-state index in [-0.39, 0.29) is 5.75 Å². The highest BCUT2D eigenvalue weighted by Gasteiger charge is 2.09. The number of hydrogen-bond donors (Lipinski definition) is 1. The molecule has 0 atom stereocenters. The van der Waals surface area contributed by atoms with Crippen LogP contribution in [0.1, 0.15) is 5.56 Å². The van der Waals surface area contributed by atoms with E-state index in [9.17, 15) is 4.39 Å². The molecule has 25 heavy (non-hydrogen) atoms. The molecule has 1 heterocycles. The van der Waals surface area contributed by atoms with Gasteiger partial charge in [0.15, 0.2) is 11.6 Å². The summed E-state index contributed by atoms with van der Waals surface area (Å²) in [6.45, 7) is 0.478. The molecule has 2 aromatic carbocycles. The Hall–Kier alpha value is -3.22. The summed E-state index contributed by atoms with van der Waals surface area (Å²) in [6, 6.07) is 12.3. The molecule has 0 saturated heterocycles. The van der Waals surface area contributed by atoms with Crippen LogP contribution in [0.5, 0.6) is 11.5 Å². The van der Waals surface area contributed by atoms with E-state index in [0.717, 1.165) is 11.3 Å². The maximum Gasteiger partial charge on any atom is 0.243 e. The van der Waals surface area contributed by atoms with Crippen LogP contribution in [0.4, 0.5) is 10.3 Å². The number of aromatic nitrogens is 3. The summed E-state index contributed by atoms with van der Waals surface area (Å²) < 4.78 is 24.1. The lowest BCUT2D eigenvalue weighted by molar-refractivity contribution is 0.386. The summed E-state index contributed by atoms with van der Waals surface area (Å²) in [5.41, 5.74) is 2.07. The molecule has 0 amide bonds. The van der Waals surface area contributed by atoms with Crippen LogP contribution in [0.25, 0.3) is 11.3 Å². The second-order valence-electron chi connectivity index (χ2n) is 5.18. The van der Waals surface area contributed by atoms with Gasteiger partial charge in [0, 0.05) is 17.7 Å². The molecule has 1 aromatic heterocycles. The SMILES string of the molecule is COc1ccc(-c2cnnc(NCc3ccccc3OC)n2)cc1F. The molecule has 0 aliphatic rings. The van der Waals surface area contributed by atoms with E-state index >= 15 is 0 Å². The summed E-state index contributed by atoms with van der Waals surface area (Å²) in [5.74, 6) is 0.846. The number of anilines is 1. The molecule has 0 aliphatic carbocycles. The summed E-state index contributed by atoms with van der Waals surface area (Å²) in [4.78, 5) is 4.38. The zero-order valence-electron chi connectivity index (χ0n) is 13.9. The molecule has 0 bridgehead atoms. The largest absolute Gasteiger partial charge is 0.496 e. The molecule has 128 valence electrons. The van der Waals surface area contributed by atoms with Gasteiger partial charge < -0.3 is 14.8 Å². The van der Waals surface area contributed by atoms with E-state index in [1.54, 1.807) is 19.2 Å². The van der Waals surface area contributed by atoms with Crippen LogP contribution in [-0.2, 0) is 6.54 Å². The third kappa shape index (κ3) is 3.82. The van der Waals surface area contributed by atoms with Crippen LogP contribution in [0.2, 0.25) is 0 Å². The first-order valence-corrected chi connectivity index (χ1v) is 7.60. The number of methoxy groups -OCH3 is 2. The van der Waals surface area contributed by atoms with Crippen molar-refractivity contribution in [3.63, 3.8) is 0 Å². The van der Waals surface area contributed by atoms with Gasteiger partial charge >= 0.3 is 0 Å². The number of rotatable bonds is 6. The fourth-order valence-corrected chi connectivity index (χ4v) is 2.37. The van der Waals surface area contributed by atoms with Crippen molar-refractivity contribution in [2.24, 2.45) is 0 Å². The second kappa shape index (κ2) is 7.57. The summed E-state index contributed by atoms with van der Waals surface area (Å²) >= 11 is 0. The van der Waals surface area contributed by atoms with E-state index in [0.29, 0.717) is 23.8 Å². The van der Waals surface area contributed by atoms with Crippen molar-refractivity contribution in [2.45, 2.75) is 6.54 Å². The van der Waals surface area contributed by atoms with Gasteiger partial charge in [0.25, 0.3) is 0 Å². The second-order valence-corrected chi connectivity index (χ2v) is 5.18. The lowest BCUT2D eigenvalue weighted by atomic mass is 10.1. The lowest BCUT2D eigenvalue weighted by Gasteiger charge is -2.10. The van der Waals surface area contributed by atoms with Gasteiger partial charge in [0.1, 0.15) is 5.75 Å². The minimum atomic E-state index is -0.456. The maximum absolute atomic E-state index is 13.9. The zero-order chi connectivity index (χ0) is 17.6. The number of ether oxygens (including phenoxy) is 2. The Kier molecular flexibility index (Phi) is 5.03. The van der Waals surface area contributed by atoms with Crippen molar-refractivity contribution in [1.82, 2.24) is 15.2 Å². The van der Waals surface area contributed by atoms with Gasteiger partial charge in [-0.3, -0.25) is 0 Å². The highest BCUT2D eigenvalue weighted by Crippen LogP contribution is 2.24. The van der Waals surface area contributed by atoms with Gasteiger partial charge in [-0.05, 0) is 24.3 Å². The number of para-hydroxylation sites is 1. The first kappa shape index (κ1) is 16.6. The molecular weight excluding hydrogens is 323 g/mol. The minimum absolute atomic E-state index is 0.181. The van der Waals surface area contributed by atoms with Crippen LogP contribution < -0.4 is 14.8 Å². The third-order valence-corrected chi connectivity index (χ3v) is 3.64. The zero-order valence-corrected chi connectivity index (χ0v) is 13.9. The Morgan fingerprint density at radius 1 is 1.04 bits per heavy atom. The van der Waals surface area contributed by atoms with Crippen LogP contribution in [0.15, 0.2) is 48.7 Å². The molecule has 0 saturated carbocycles. The quantitative estimate of drug-likeness (QED) is 0.742. The van der Waals surface area contributed by atoms with E-state index in [1.807, 2.05) is 24.3 Å². The monoisotopic (exact) mass is 340 g/mol. The Morgan fingerprint density at radius 3 is 2.60 bits per heavy atom. The molecule has 0 unspecified atom stereocenters. The van der Waals surface area contributed by atoms with Crippen molar-refractivity contribution < 1.29 is 13.9 Å². The van der Waals surface area contributed by atoms with Crippen molar-refractivity contribution >= 4 is 5.95 Å². The Bertz CT molecular complexity index is 873. The van der Waals surface area contributed by atoms with Gasteiger partial charge in [-0.2, -0.15) is 5.10 Å². The van der Waals surface area contributed by atoms with Gasteiger partial charge in [-0.25, -0.2) is 9.37 Å². The molecule has 0 aliphatic heterocycles. The minimum Gasteiger partial charge on any atom is -0.496 e. The fourth-order valence-electron chi connectivity index (χ4n) is 2.37. The number of benzene rings is 2. The van der Waals surface area contributed by atoms with Crippen molar-refractivity contribution in [2.75, 3.05) is 19.5 Å². The summed E-state index contributed by atoms with van der Waals surface area (Å²) in [5, 5.41) is 11.0. The van der Waals surface area contributed by atoms with Crippen molar-refractivity contribution in [3.8, 4) is 22.8 Å². The molecule has 1 N–H and O–H groups in total. The standard InChI is InChI=1S/C18H17FN4O2/c1-24-16-6-4-3-5-13(16)10-20-18-22-15(11-21-23-18)12-7-8-17(25-2)14(19)9-12/h3-9,11H,10H2,1-2H3,(H,20,22,23). The van der Waals surface area contributed by atoms with E-state index in [1.165, 1.54) is 19.4 Å². The molecule has 6 nitrogen and oxygen atoms in total. The Morgan fingerprint density at radius 2 is 1.84 bits per heavy atom. The van der Waals surface area contributed by atoms with Gasteiger partial charge in [0.05, 0.1) is 26.1 Å². The number of nitrogens with zero attached hydrogens (tertiary/aromatic N) is 3. The molecule has 0 fully saturated rings. The smallest absolute Gasteiger partial charge is 0.243 e. The number of hydrogen-bond acceptors (Lipinski definition) is 6. The molecule has 0 spiro atoms. The van der Waals surface area contributed by atoms with Crippen LogP contribution >= 0.6 is 0 Å². The predicted molar refractivity (Wildman–Crippen MR) is 92.1 cm³/mol. The van der Waals surface area contributed by atoms with Crippen LogP contribution in [0, 0.1) is 5.82 Å². The topological polar surface area (TPSA) is 69.2 Å². The first-order valence-electron chi connectivity index (χ1n) is 7.60. The molecular formula is C18H17FN4O2. The Balaban J connectivity index is 1.79. The van der Waals surface area contributed by atoms with E-state index in [2.05, 4.69) is 20.5 Å². The average molecular weight is 340 g/mol. The molecule has 7 heteroatoms. The normalized spacial score (nSPS) is 10.4. The Labute approximate surface area is 144 Å². The highest BCUT2D eigenvalue weighted by molar-refractivity contribution is 5.60. The molecule has 0 radical (unpaired) electrons. The van der Waals surface area contributed by atoms with Gasteiger partial charge in [-0.1, -0.05) is 18.2 Å². The molecule has 3 rings (SSSR count). The fraction of sp³-hybridized carbons (Fsp3) is 0.167. The van der Waals surface area contributed by atoms with Crippen molar-refractivity contribution in [1.29, 1.82) is 0 Å². The average Bonchev–Trinajstić information content (AvgIpc) is 2.66. The maximum atomic E-state index is 13.9. The summed E-state index contributed by atoms with van der Waals surface area (Å²) in [7, 11) is 3.04. The molecule has 3 aromatic rings. The number of halogens is 1. The summed E-state index contributed by atoms with van der Waals surface area (Å²) in [6.07, 6.45) is 1.48. The van der Waals surface area contributed by atoms with Gasteiger partial charge in [0.2, 0.25) is 5.95 Å². The van der Waals surface area contributed by atoms with Crippen LogP contribution in [-0.4, -0.2) is 29.4 Å². The van der Waals surface area contributed by atoms with E-state index < -0.39 is 5.82 Å². The third-order valence-electron chi connectivity index (χ3n) is 3.64. The first-order chi connectivity index (χ1) is 12.2. The highest BCUT2D eigenvalue weighted by atomic mass is 19.1. The van der Waals surface area contributed by atoms with Crippen LogP contribution in [0.3, 0.4) is 0 Å². The lowest BCUT2D eigenvalue weighted by Crippen LogP contribution is -2.06.